The number of fused-ring (bicyclic) bond motifs is 3. The summed E-state index contributed by atoms with van der Waals surface area (Å²) in [5.74, 6) is 2.78. The second-order valence-electron chi connectivity index (χ2n) is 8.46. The van der Waals surface area contributed by atoms with Gasteiger partial charge in [0.05, 0.1) is 0 Å². The maximum atomic E-state index is 12.6. The number of amides is 1. The Balaban J connectivity index is 1.13. The standard InChI is InChI=1S/C23H28N2O2/c26-23(16-27-21-8-7-18-3-1-2-4-19(18)15-21)25-11-9-24(10-12-25)22-14-17-5-6-20(22)13-17/h1-4,7-8,15,17,20,22H,5-6,9-14,16H2. The normalized spacial score (nSPS) is 28.0. The molecule has 142 valence electrons. The number of hydrogen-bond donors (Lipinski definition) is 0. The van der Waals surface area contributed by atoms with Crippen LogP contribution >= 0.6 is 0 Å². The van der Waals surface area contributed by atoms with Crippen molar-refractivity contribution in [3.8, 4) is 5.75 Å². The van der Waals surface area contributed by atoms with E-state index in [1.54, 1.807) is 0 Å². The summed E-state index contributed by atoms with van der Waals surface area (Å²) in [5, 5.41) is 2.33. The van der Waals surface area contributed by atoms with Crippen LogP contribution in [0.1, 0.15) is 25.7 Å². The SMILES string of the molecule is O=C(COc1ccc2ccccc2c1)N1CCN(C2CC3CCC2C3)CC1. The average Bonchev–Trinajstić information content (AvgIpc) is 3.36. The van der Waals surface area contributed by atoms with Crippen LogP contribution in [0.15, 0.2) is 42.5 Å². The molecule has 3 fully saturated rings. The molecule has 1 aliphatic heterocycles. The van der Waals surface area contributed by atoms with Crippen molar-refractivity contribution in [1.82, 2.24) is 9.80 Å². The van der Waals surface area contributed by atoms with Crippen LogP contribution in [0.3, 0.4) is 0 Å². The van der Waals surface area contributed by atoms with Crippen LogP contribution in [0.2, 0.25) is 0 Å². The van der Waals surface area contributed by atoms with Gasteiger partial charge in [0.2, 0.25) is 0 Å². The molecule has 0 radical (unpaired) electrons. The van der Waals surface area contributed by atoms with E-state index in [4.69, 9.17) is 4.74 Å². The fourth-order valence-electron chi connectivity index (χ4n) is 5.45. The van der Waals surface area contributed by atoms with Crippen LogP contribution in [-0.4, -0.2) is 54.5 Å². The number of ether oxygens (including phenoxy) is 1. The number of nitrogens with zero attached hydrogens (tertiary/aromatic N) is 2. The maximum absolute atomic E-state index is 12.6. The van der Waals surface area contributed by atoms with Crippen molar-refractivity contribution in [3.63, 3.8) is 0 Å². The molecule has 3 unspecified atom stereocenters. The summed E-state index contributed by atoms with van der Waals surface area (Å²) in [6, 6.07) is 15.0. The molecule has 2 aliphatic carbocycles. The van der Waals surface area contributed by atoms with Gasteiger partial charge in [-0.3, -0.25) is 9.69 Å². The minimum Gasteiger partial charge on any atom is -0.484 e. The smallest absolute Gasteiger partial charge is 0.260 e. The van der Waals surface area contributed by atoms with E-state index in [2.05, 4.69) is 17.0 Å². The van der Waals surface area contributed by atoms with Gasteiger partial charge >= 0.3 is 0 Å². The van der Waals surface area contributed by atoms with Gasteiger partial charge in [-0.1, -0.05) is 36.8 Å². The topological polar surface area (TPSA) is 32.8 Å². The average molecular weight is 364 g/mol. The Morgan fingerprint density at radius 1 is 0.963 bits per heavy atom. The molecule has 1 saturated heterocycles. The van der Waals surface area contributed by atoms with Crippen LogP contribution in [-0.2, 0) is 4.79 Å². The first-order valence-corrected chi connectivity index (χ1v) is 10.4. The Morgan fingerprint density at radius 2 is 1.78 bits per heavy atom. The van der Waals surface area contributed by atoms with Crippen LogP contribution in [0.5, 0.6) is 5.75 Å². The van der Waals surface area contributed by atoms with Crippen molar-refractivity contribution in [2.75, 3.05) is 32.8 Å². The summed E-state index contributed by atoms with van der Waals surface area (Å²) in [6.07, 6.45) is 5.72. The third-order valence-corrected chi connectivity index (χ3v) is 6.92. The van der Waals surface area contributed by atoms with E-state index < -0.39 is 0 Å². The minimum absolute atomic E-state index is 0.107. The van der Waals surface area contributed by atoms with Crippen molar-refractivity contribution in [2.45, 2.75) is 31.7 Å². The molecule has 1 amide bonds. The maximum Gasteiger partial charge on any atom is 0.260 e. The van der Waals surface area contributed by atoms with Gasteiger partial charge in [-0.25, -0.2) is 0 Å². The summed E-state index contributed by atoms with van der Waals surface area (Å²) in [7, 11) is 0. The summed E-state index contributed by atoms with van der Waals surface area (Å²) in [4.78, 5) is 17.2. The molecule has 3 aliphatic rings. The Morgan fingerprint density at radius 3 is 2.52 bits per heavy atom. The predicted molar refractivity (Wildman–Crippen MR) is 107 cm³/mol. The predicted octanol–water partition coefficient (Wildman–Crippen LogP) is 3.55. The lowest BCUT2D eigenvalue weighted by Crippen LogP contribution is -2.53. The molecule has 5 rings (SSSR count). The molecule has 2 saturated carbocycles. The summed E-state index contributed by atoms with van der Waals surface area (Å²) in [5.41, 5.74) is 0. The highest BCUT2D eigenvalue weighted by Crippen LogP contribution is 2.46. The fourth-order valence-corrected chi connectivity index (χ4v) is 5.45. The van der Waals surface area contributed by atoms with E-state index in [1.807, 2.05) is 35.2 Å². The molecule has 4 nitrogen and oxygen atoms in total. The van der Waals surface area contributed by atoms with Crippen LogP contribution in [0.4, 0.5) is 0 Å². The molecule has 3 atom stereocenters. The van der Waals surface area contributed by atoms with Gasteiger partial charge in [0.15, 0.2) is 6.61 Å². The number of carbonyl (C=O) groups excluding carboxylic acids is 1. The largest absolute Gasteiger partial charge is 0.484 e. The van der Waals surface area contributed by atoms with Gasteiger partial charge in [-0.05, 0) is 54.0 Å². The lowest BCUT2D eigenvalue weighted by molar-refractivity contribution is -0.135. The Hall–Kier alpha value is -2.07. The molecule has 2 bridgehead atoms. The summed E-state index contributed by atoms with van der Waals surface area (Å²) < 4.78 is 5.79. The first kappa shape index (κ1) is 17.1. The second kappa shape index (κ2) is 7.16. The van der Waals surface area contributed by atoms with E-state index >= 15 is 0 Å². The van der Waals surface area contributed by atoms with Gasteiger partial charge < -0.3 is 9.64 Å². The number of carbonyl (C=O) groups is 1. The van der Waals surface area contributed by atoms with Gasteiger partial charge in [0.25, 0.3) is 5.91 Å². The Labute approximate surface area is 161 Å². The zero-order valence-corrected chi connectivity index (χ0v) is 15.8. The lowest BCUT2D eigenvalue weighted by atomic mass is 9.93. The third-order valence-electron chi connectivity index (χ3n) is 6.92. The second-order valence-corrected chi connectivity index (χ2v) is 8.46. The number of piperazine rings is 1. The van der Waals surface area contributed by atoms with Crippen LogP contribution < -0.4 is 4.74 Å². The highest BCUT2D eigenvalue weighted by atomic mass is 16.5. The quantitative estimate of drug-likeness (QED) is 0.832. The van der Waals surface area contributed by atoms with Gasteiger partial charge in [0, 0.05) is 32.2 Å². The summed E-state index contributed by atoms with van der Waals surface area (Å²) in [6.45, 7) is 3.86. The molecule has 2 aromatic carbocycles. The monoisotopic (exact) mass is 364 g/mol. The van der Waals surface area contributed by atoms with Gasteiger partial charge in [-0.2, -0.15) is 0 Å². The number of hydrogen-bond acceptors (Lipinski definition) is 3. The zero-order valence-electron chi connectivity index (χ0n) is 15.8. The molecule has 27 heavy (non-hydrogen) atoms. The third kappa shape index (κ3) is 3.43. The van der Waals surface area contributed by atoms with Gasteiger partial charge in [0.1, 0.15) is 5.75 Å². The van der Waals surface area contributed by atoms with Crippen molar-refractivity contribution in [2.24, 2.45) is 11.8 Å². The Bertz CT molecular complexity index is 828. The highest BCUT2D eigenvalue weighted by molar-refractivity contribution is 5.84. The molecule has 1 heterocycles. The van der Waals surface area contributed by atoms with Crippen molar-refractivity contribution in [3.05, 3.63) is 42.5 Å². The highest BCUT2D eigenvalue weighted by Gasteiger charge is 2.42. The lowest BCUT2D eigenvalue weighted by Gasteiger charge is -2.41. The minimum atomic E-state index is 0.107. The zero-order chi connectivity index (χ0) is 18.2. The van der Waals surface area contributed by atoms with Crippen molar-refractivity contribution >= 4 is 16.7 Å². The van der Waals surface area contributed by atoms with Crippen LogP contribution in [0.25, 0.3) is 10.8 Å². The van der Waals surface area contributed by atoms with Crippen molar-refractivity contribution < 1.29 is 9.53 Å². The Kier molecular flexibility index (Phi) is 4.52. The molecule has 4 heteroatoms. The van der Waals surface area contributed by atoms with E-state index in [0.29, 0.717) is 0 Å². The first-order valence-electron chi connectivity index (χ1n) is 10.4. The molecule has 0 spiro atoms. The van der Waals surface area contributed by atoms with Gasteiger partial charge in [-0.15, -0.1) is 0 Å². The first-order chi connectivity index (χ1) is 13.3. The van der Waals surface area contributed by atoms with E-state index in [9.17, 15) is 4.79 Å². The van der Waals surface area contributed by atoms with E-state index in [-0.39, 0.29) is 12.5 Å². The molecular formula is C23H28N2O2. The van der Waals surface area contributed by atoms with E-state index in [1.165, 1.54) is 31.1 Å². The fraction of sp³-hybridized carbons (Fsp3) is 0.522. The molecule has 2 aromatic rings. The number of rotatable bonds is 4. The number of benzene rings is 2. The van der Waals surface area contributed by atoms with Crippen molar-refractivity contribution in [1.29, 1.82) is 0 Å². The van der Waals surface area contributed by atoms with Crippen LogP contribution in [0, 0.1) is 11.8 Å². The molecule has 0 N–H and O–H groups in total. The molecular weight excluding hydrogens is 336 g/mol. The summed E-state index contributed by atoms with van der Waals surface area (Å²) >= 11 is 0. The molecule has 0 aromatic heterocycles. The van der Waals surface area contributed by atoms with E-state index in [0.717, 1.165) is 55.2 Å².